The van der Waals surface area contributed by atoms with Crippen molar-refractivity contribution in [2.45, 2.75) is 63.6 Å². The highest BCUT2D eigenvalue weighted by atomic mass is 35.5. The summed E-state index contributed by atoms with van der Waals surface area (Å²) in [4.78, 5) is 26.5. The van der Waals surface area contributed by atoms with E-state index >= 15 is 0 Å². The Hall–Kier alpha value is -1.29. The average Bonchev–Trinajstić information content (AvgIpc) is 3.40. The van der Waals surface area contributed by atoms with Crippen LogP contribution in [0.1, 0.15) is 50.5 Å². The number of carbonyl (C=O) groups excluding carboxylic acids is 2. The molecule has 0 radical (unpaired) electrons. The Morgan fingerprint density at radius 1 is 1.12 bits per heavy atom. The molecule has 1 aromatic carbocycles. The lowest BCUT2D eigenvalue weighted by atomic mass is 9.83. The van der Waals surface area contributed by atoms with E-state index < -0.39 is 18.0 Å². The lowest BCUT2D eigenvalue weighted by Gasteiger charge is -2.40. The van der Waals surface area contributed by atoms with E-state index in [2.05, 4.69) is 8.75 Å². The number of nitrogens with two attached hydrogens (primary N) is 2. The van der Waals surface area contributed by atoms with Gasteiger partial charge >= 0.3 is 5.91 Å². The summed E-state index contributed by atoms with van der Waals surface area (Å²) in [6, 6.07) is 4.15. The number of benzene rings is 1. The van der Waals surface area contributed by atoms with Crippen LogP contribution in [0, 0.1) is 5.92 Å². The van der Waals surface area contributed by atoms with Gasteiger partial charge in [-0.15, -0.1) is 12.4 Å². The number of hydrogen-bond acceptors (Lipinski definition) is 6. The smallest absolute Gasteiger partial charge is 0.331 e. The first-order chi connectivity index (χ1) is 15.3. The molecule has 2 heterocycles. The van der Waals surface area contributed by atoms with Crippen LogP contribution in [-0.2, 0) is 16.1 Å². The van der Waals surface area contributed by atoms with Gasteiger partial charge in [0.2, 0.25) is 0 Å². The Labute approximate surface area is 214 Å². The van der Waals surface area contributed by atoms with E-state index in [4.69, 9.17) is 34.7 Å². The van der Waals surface area contributed by atoms with Crippen molar-refractivity contribution in [1.29, 1.82) is 0 Å². The minimum absolute atomic E-state index is 0. The first-order valence-corrected chi connectivity index (χ1v) is 12.5. The van der Waals surface area contributed by atoms with Gasteiger partial charge in [0.1, 0.15) is 18.3 Å². The Balaban J connectivity index is 0.00000306. The molecule has 2 fully saturated rings. The molecule has 1 aliphatic heterocycles. The van der Waals surface area contributed by atoms with E-state index in [0.29, 0.717) is 28.8 Å². The number of amides is 2. The van der Waals surface area contributed by atoms with Crippen molar-refractivity contribution < 1.29 is 14.1 Å². The van der Waals surface area contributed by atoms with Gasteiger partial charge in [0, 0.05) is 29.0 Å². The summed E-state index contributed by atoms with van der Waals surface area (Å²) in [7, 11) is 0. The summed E-state index contributed by atoms with van der Waals surface area (Å²) in [6.07, 6.45) is 6.51. The van der Waals surface area contributed by atoms with Crippen LogP contribution in [0.2, 0.25) is 10.2 Å². The maximum atomic E-state index is 14.0. The van der Waals surface area contributed by atoms with Gasteiger partial charge in [-0.2, -0.15) is 8.75 Å². The number of quaternary nitrogens is 1. The maximum Gasteiger partial charge on any atom is 0.331 e. The van der Waals surface area contributed by atoms with E-state index in [1.54, 1.807) is 6.07 Å². The Bertz CT molecular complexity index is 1010. The highest BCUT2D eigenvalue weighted by Crippen LogP contribution is 2.38. The second-order valence-electron chi connectivity index (χ2n) is 8.94. The molecule has 2 aromatic rings. The predicted octanol–water partition coefficient (Wildman–Crippen LogP) is 4.33. The standard InChI is InChI=1S/C22H27Cl2N5O2S.ClH/c23-15-8-9-16(19-20(24)28-32-27-19)14(11-15)12-29(10-4-7-17(29)21(26)30)22(31)18(25)13-5-2-1-3-6-13;/h8-9,11,13,17-18H,1-7,10,12,25H2,(H-,26,30);1H/p+1/t17-,18+,29?;/m0./s1. The number of hydrogen-bond donors (Lipinski definition) is 2. The van der Waals surface area contributed by atoms with E-state index in [1.165, 1.54) is 6.42 Å². The first kappa shape index (κ1) is 26.3. The zero-order chi connectivity index (χ0) is 22.9. The summed E-state index contributed by atoms with van der Waals surface area (Å²) in [5.41, 5.74) is 14.5. The fourth-order valence-electron chi connectivity index (χ4n) is 5.44. The lowest BCUT2D eigenvalue weighted by molar-refractivity contribution is -0.871. The minimum Gasteiger partial charge on any atom is -0.364 e. The van der Waals surface area contributed by atoms with Gasteiger partial charge < -0.3 is 11.5 Å². The first-order valence-electron chi connectivity index (χ1n) is 11.1. The average molecular weight is 534 g/mol. The molecule has 1 unspecified atom stereocenters. The third-order valence-electron chi connectivity index (χ3n) is 7.06. The van der Waals surface area contributed by atoms with Crippen LogP contribution >= 0.6 is 47.3 Å². The van der Waals surface area contributed by atoms with Crippen LogP contribution in [-0.4, -0.2) is 43.7 Å². The number of likely N-dealkylation sites (tertiary alicyclic amines) is 1. The summed E-state index contributed by atoms with van der Waals surface area (Å²) < 4.78 is 8.32. The van der Waals surface area contributed by atoms with Crippen molar-refractivity contribution in [3.8, 4) is 11.3 Å². The second-order valence-corrected chi connectivity index (χ2v) is 10.3. The Morgan fingerprint density at radius 2 is 1.85 bits per heavy atom. The molecule has 1 aromatic heterocycles. The number of aromatic nitrogens is 2. The molecule has 2 amide bonds. The van der Waals surface area contributed by atoms with Gasteiger partial charge in [-0.3, -0.25) is 4.79 Å². The molecule has 11 heteroatoms. The van der Waals surface area contributed by atoms with Gasteiger partial charge in [0.25, 0.3) is 5.91 Å². The molecule has 1 saturated heterocycles. The van der Waals surface area contributed by atoms with Gasteiger partial charge in [0.15, 0.2) is 11.2 Å². The zero-order valence-electron chi connectivity index (χ0n) is 18.2. The Morgan fingerprint density at radius 3 is 2.48 bits per heavy atom. The molecule has 180 valence electrons. The molecule has 33 heavy (non-hydrogen) atoms. The summed E-state index contributed by atoms with van der Waals surface area (Å²) in [5, 5.41) is 0.822. The van der Waals surface area contributed by atoms with E-state index in [9.17, 15) is 9.59 Å². The van der Waals surface area contributed by atoms with Crippen LogP contribution in [0.5, 0.6) is 0 Å². The van der Waals surface area contributed by atoms with Crippen LogP contribution in [0.15, 0.2) is 18.2 Å². The highest BCUT2D eigenvalue weighted by molar-refractivity contribution is 6.99. The summed E-state index contributed by atoms with van der Waals surface area (Å²) in [6.45, 7) is 0.776. The topological polar surface area (TPSA) is 112 Å². The molecular formula is C22H29Cl3N5O2S+. The van der Waals surface area contributed by atoms with E-state index in [-0.39, 0.29) is 35.3 Å². The molecular weight excluding hydrogens is 505 g/mol. The number of carbonyl (C=O) groups is 2. The molecule has 1 aliphatic carbocycles. The van der Waals surface area contributed by atoms with Crippen molar-refractivity contribution in [1.82, 2.24) is 8.75 Å². The van der Waals surface area contributed by atoms with Crippen LogP contribution in [0.4, 0.5) is 0 Å². The van der Waals surface area contributed by atoms with Gasteiger partial charge in [-0.25, -0.2) is 9.28 Å². The molecule has 4 rings (SSSR count). The lowest BCUT2D eigenvalue weighted by Crippen LogP contribution is -2.65. The molecule has 1 saturated carbocycles. The van der Waals surface area contributed by atoms with Gasteiger partial charge in [0.05, 0.1) is 18.3 Å². The Kier molecular flexibility index (Phi) is 8.75. The van der Waals surface area contributed by atoms with Crippen molar-refractivity contribution in [2.75, 3.05) is 6.54 Å². The van der Waals surface area contributed by atoms with Crippen molar-refractivity contribution in [3.63, 3.8) is 0 Å². The largest absolute Gasteiger partial charge is 0.364 e. The number of rotatable bonds is 6. The summed E-state index contributed by atoms with van der Waals surface area (Å²) >= 11 is 13.6. The number of nitrogens with zero attached hydrogens (tertiary/aromatic N) is 3. The predicted molar refractivity (Wildman–Crippen MR) is 133 cm³/mol. The molecule has 2 aliphatic rings. The fraction of sp³-hybridized carbons (Fsp3) is 0.545. The number of halogens is 3. The van der Waals surface area contributed by atoms with Gasteiger partial charge in [-0.1, -0.05) is 48.5 Å². The molecule has 3 atom stereocenters. The molecule has 0 bridgehead atoms. The fourth-order valence-corrected chi connectivity index (χ4v) is 6.39. The SMILES string of the molecule is Cl.NC(=O)[C@@H]1CCC[N+]1(Cc1cc(Cl)ccc1-c1nsnc1Cl)C(=O)[C@H](N)C1CCCCC1. The molecule has 4 N–H and O–H groups in total. The maximum absolute atomic E-state index is 14.0. The molecule has 7 nitrogen and oxygen atoms in total. The van der Waals surface area contributed by atoms with Crippen LogP contribution < -0.4 is 11.5 Å². The third kappa shape index (κ3) is 5.21. The highest BCUT2D eigenvalue weighted by Gasteiger charge is 2.53. The normalized spacial score (nSPS) is 24.3. The van der Waals surface area contributed by atoms with E-state index in [1.807, 2.05) is 12.1 Å². The van der Waals surface area contributed by atoms with Crippen molar-refractivity contribution >= 4 is 59.2 Å². The zero-order valence-corrected chi connectivity index (χ0v) is 21.4. The van der Waals surface area contributed by atoms with Crippen molar-refractivity contribution in [3.05, 3.63) is 33.9 Å². The molecule has 0 spiro atoms. The second kappa shape index (κ2) is 11.0. The van der Waals surface area contributed by atoms with Gasteiger partial charge in [-0.05, 0) is 30.9 Å². The number of primary amides is 1. The van der Waals surface area contributed by atoms with Crippen LogP contribution in [0.25, 0.3) is 11.3 Å². The monoisotopic (exact) mass is 532 g/mol. The van der Waals surface area contributed by atoms with E-state index in [0.717, 1.165) is 55.0 Å². The summed E-state index contributed by atoms with van der Waals surface area (Å²) in [5.74, 6) is -0.438. The quantitative estimate of drug-likeness (QED) is 0.537. The third-order valence-corrected chi connectivity index (χ3v) is 8.19. The van der Waals surface area contributed by atoms with Crippen LogP contribution in [0.3, 0.4) is 0 Å². The van der Waals surface area contributed by atoms with Crippen molar-refractivity contribution in [2.24, 2.45) is 17.4 Å². The minimum atomic E-state index is -0.623.